The molecule has 0 aliphatic carbocycles. The number of anilines is 1. The normalized spacial score (nSPS) is 11.6. The van der Waals surface area contributed by atoms with Gasteiger partial charge in [-0.05, 0) is 54.1 Å². The summed E-state index contributed by atoms with van der Waals surface area (Å²) in [6, 6.07) is 19.7. The number of hydrogen-bond donors (Lipinski definition) is 1. The standard InChI is InChI=1S/C23H21Cl2NO3/c1-28-22-11-8-16(12-23(22)29-2)21(27)14-20(15-6-9-17(24)10-7-15)26-19-5-3-4-18(25)13-19/h3-13,20,26H,14H2,1-2H3. The first-order valence-corrected chi connectivity index (χ1v) is 9.78. The van der Waals surface area contributed by atoms with E-state index in [1.807, 2.05) is 42.5 Å². The maximum atomic E-state index is 13.0. The van der Waals surface area contributed by atoms with E-state index in [2.05, 4.69) is 5.32 Å². The highest BCUT2D eigenvalue weighted by Gasteiger charge is 2.19. The average Bonchev–Trinajstić information content (AvgIpc) is 2.73. The third-order valence-electron chi connectivity index (χ3n) is 4.53. The number of carbonyl (C=O) groups is 1. The number of methoxy groups -OCH3 is 2. The van der Waals surface area contributed by atoms with E-state index in [0.717, 1.165) is 11.3 Å². The third-order valence-corrected chi connectivity index (χ3v) is 5.02. The highest BCUT2D eigenvalue weighted by Crippen LogP contribution is 2.31. The fraction of sp³-hybridized carbons (Fsp3) is 0.174. The molecule has 1 N–H and O–H groups in total. The SMILES string of the molecule is COc1ccc(C(=O)CC(Nc2cccc(Cl)c2)c2ccc(Cl)cc2)cc1OC. The lowest BCUT2D eigenvalue weighted by Gasteiger charge is -2.20. The molecule has 150 valence electrons. The van der Waals surface area contributed by atoms with E-state index in [0.29, 0.717) is 27.1 Å². The Labute approximate surface area is 180 Å². The Morgan fingerprint density at radius 3 is 2.28 bits per heavy atom. The van der Waals surface area contributed by atoms with Gasteiger partial charge in [0.1, 0.15) is 0 Å². The zero-order valence-electron chi connectivity index (χ0n) is 16.1. The minimum atomic E-state index is -0.258. The second-order valence-electron chi connectivity index (χ2n) is 6.46. The van der Waals surface area contributed by atoms with Crippen molar-refractivity contribution in [1.82, 2.24) is 0 Å². The topological polar surface area (TPSA) is 47.6 Å². The predicted molar refractivity (Wildman–Crippen MR) is 118 cm³/mol. The quantitative estimate of drug-likeness (QED) is 0.418. The Hall–Kier alpha value is -2.69. The van der Waals surface area contributed by atoms with Crippen molar-refractivity contribution in [1.29, 1.82) is 0 Å². The summed E-state index contributed by atoms with van der Waals surface area (Å²) in [6.07, 6.45) is 0.240. The average molecular weight is 430 g/mol. The number of hydrogen-bond acceptors (Lipinski definition) is 4. The Balaban J connectivity index is 1.87. The Bertz CT molecular complexity index is 990. The first kappa shape index (κ1) is 21.0. The van der Waals surface area contributed by atoms with Gasteiger partial charge in [0.25, 0.3) is 0 Å². The highest BCUT2D eigenvalue weighted by molar-refractivity contribution is 6.31. The van der Waals surface area contributed by atoms with Crippen molar-refractivity contribution >= 4 is 34.7 Å². The predicted octanol–water partition coefficient (Wildman–Crippen LogP) is 6.44. The lowest BCUT2D eigenvalue weighted by Crippen LogP contribution is -2.16. The summed E-state index contributed by atoms with van der Waals surface area (Å²) in [7, 11) is 3.11. The number of halogens is 2. The molecule has 0 saturated heterocycles. The van der Waals surface area contributed by atoms with E-state index in [-0.39, 0.29) is 18.2 Å². The van der Waals surface area contributed by atoms with Crippen molar-refractivity contribution in [3.63, 3.8) is 0 Å². The van der Waals surface area contributed by atoms with Crippen molar-refractivity contribution in [2.75, 3.05) is 19.5 Å². The summed E-state index contributed by atoms with van der Waals surface area (Å²) in [6.45, 7) is 0. The van der Waals surface area contributed by atoms with Gasteiger partial charge in [-0.2, -0.15) is 0 Å². The molecule has 0 aliphatic heterocycles. The fourth-order valence-corrected chi connectivity index (χ4v) is 3.36. The van der Waals surface area contributed by atoms with E-state index >= 15 is 0 Å². The van der Waals surface area contributed by atoms with E-state index < -0.39 is 0 Å². The molecule has 29 heavy (non-hydrogen) atoms. The number of rotatable bonds is 8. The molecular weight excluding hydrogens is 409 g/mol. The number of benzene rings is 3. The van der Waals surface area contributed by atoms with Gasteiger partial charge in [0.2, 0.25) is 0 Å². The molecule has 1 atom stereocenters. The van der Waals surface area contributed by atoms with Crippen LogP contribution in [0.3, 0.4) is 0 Å². The van der Waals surface area contributed by atoms with E-state index in [4.69, 9.17) is 32.7 Å². The zero-order chi connectivity index (χ0) is 20.8. The van der Waals surface area contributed by atoms with Crippen LogP contribution >= 0.6 is 23.2 Å². The van der Waals surface area contributed by atoms with Crippen LogP contribution in [0.4, 0.5) is 5.69 Å². The lowest BCUT2D eigenvalue weighted by molar-refractivity contribution is 0.0976. The van der Waals surface area contributed by atoms with Gasteiger partial charge in [-0.3, -0.25) is 4.79 Å². The molecule has 4 nitrogen and oxygen atoms in total. The molecule has 0 amide bonds. The fourth-order valence-electron chi connectivity index (χ4n) is 3.04. The maximum Gasteiger partial charge on any atom is 0.165 e. The molecule has 0 bridgehead atoms. The number of ether oxygens (including phenoxy) is 2. The molecule has 0 heterocycles. The molecule has 0 radical (unpaired) electrons. The van der Waals surface area contributed by atoms with Crippen LogP contribution in [0.2, 0.25) is 10.0 Å². The largest absolute Gasteiger partial charge is 0.493 e. The van der Waals surface area contributed by atoms with Crippen LogP contribution in [0.5, 0.6) is 11.5 Å². The van der Waals surface area contributed by atoms with E-state index in [1.165, 1.54) is 0 Å². The van der Waals surface area contributed by atoms with E-state index in [9.17, 15) is 4.79 Å². The first-order chi connectivity index (χ1) is 14.0. The highest BCUT2D eigenvalue weighted by atomic mass is 35.5. The van der Waals surface area contributed by atoms with Crippen LogP contribution in [-0.4, -0.2) is 20.0 Å². The van der Waals surface area contributed by atoms with Gasteiger partial charge in [-0.25, -0.2) is 0 Å². The number of nitrogens with one attached hydrogen (secondary N) is 1. The molecule has 0 spiro atoms. The summed E-state index contributed by atoms with van der Waals surface area (Å²) >= 11 is 12.1. The van der Waals surface area contributed by atoms with Crippen molar-refractivity contribution in [3.05, 3.63) is 87.9 Å². The molecule has 6 heteroatoms. The van der Waals surface area contributed by atoms with Gasteiger partial charge < -0.3 is 14.8 Å². The molecule has 0 saturated carbocycles. The summed E-state index contributed by atoms with van der Waals surface area (Å²) in [5.41, 5.74) is 2.33. The first-order valence-electron chi connectivity index (χ1n) is 9.03. The second kappa shape index (κ2) is 9.68. The van der Waals surface area contributed by atoms with E-state index in [1.54, 1.807) is 38.5 Å². The zero-order valence-corrected chi connectivity index (χ0v) is 17.6. The van der Waals surface area contributed by atoms with Gasteiger partial charge in [0.15, 0.2) is 17.3 Å². The van der Waals surface area contributed by atoms with Gasteiger partial charge >= 0.3 is 0 Å². The summed E-state index contributed by atoms with van der Waals surface area (Å²) in [4.78, 5) is 13.0. The monoisotopic (exact) mass is 429 g/mol. The second-order valence-corrected chi connectivity index (χ2v) is 7.33. The van der Waals surface area contributed by atoms with Crippen molar-refractivity contribution in [3.8, 4) is 11.5 Å². The molecule has 3 rings (SSSR count). The van der Waals surface area contributed by atoms with Crippen molar-refractivity contribution in [2.45, 2.75) is 12.5 Å². The molecule has 0 fully saturated rings. The van der Waals surface area contributed by atoms with Gasteiger partial charge in [0, 0.05) is 27.7 Å². The van der Waals surface area contributed by atoms with Crippen LogP contribution in [0.15, 0.2) is 66.7 Å². The van der Waals surface area contributed by atoms with Gasteiger partial charge in [-0.1, -0.05) is 41.4 Å². The molecule has 3 aromatic carbocycles. The molecule has 1 unspecified atom stereocenters. The van der Waals surface area contributed by atoms with Crippen LogP contribution in [-0.2, 0) is 0 Å². The molecule has 0 aliphatic rings. The van der Waals surface area contributed by atoms with Crippen LogP contribution in [0, 0.1) is 0 Å². The Kier molecular flexibility index (Phi) is 7.02. The minimum absolute atomic E-state index is 0.0274. The smallest absolute Gasteiger partial charge is 0.165 e. The molecular formula is C23H21Cl2NO3. The molecule has 3 aromatic rings. The van der Waals surface area contributed by atoms with Gasteiger partial charge in [-0.15, -0.1) is 0 Å². The maximum absolute atomic E-state index is 13.0. The third kappa shape index (κ3) is 5.43. The summed E-state index contributed by atoms with van der Waals surface area (Å²) in [5, 5.41) is 4.66. The summed E-state index contributed by atoms with van der Waals surface area (Å²) < 4.78 is 10.6. The van der Waals surface area contributed by atoms with Crippen LogP contribution in [0.25, 0.3) is 0 Å². The lowest BCUT2D eigenvalue weighted by atomic mass is 9.97. The molecule has 0 aromatic heterocycles. The summed E-state index contributed by atoms with van der Waals surface area (Å²) in [5.74, 6) is 1.07. The van der Waals surface area contributed by atoms with Crippen LogP contribution in [0.1, 0.15) is 28.4 Å². The van der Waals surface area contributed by atoms with Crippen molar-refractivity contribution in [2.24, 2.45) is 0 Å². The van der Waals surface area contributed by atoms with Crippen LogP contribution < -0.4 is 14.8 Å². The number of ketones is 1. The minimum Gasteiger partial charge on any atom is -0.493 e. The van der Waals surface area contributed by atoms with Crippen molar-refractivity contribution < 1.29 is 14.3 Å². The van der Waals surface area contributed by atoms with Gasteiger partial charge in [0.05, 0.1) is 20.3 Å². The number of carbonyl (C=O) groups excluding carboxylic acids is 1. The Morgan fingerprint density at radius 2 is 1.62 bits per heavy atom. The Morgan fingerprint density at radius 1 is 0.897 bits per heavy atom. The number of Topliss-reactive ketones (excluding diaryl/α,β-unsaturated/α-hetero) is 1.